The third kappa shape index (κ3) is 4.78. The van der Waals surface area contributed by atoms with E-state index in [4.69, 9.17) is 0 Å². The monoisotopic (exact) mass is 497 g/mol. The Balaban J connectivity index is 1.34. The van der Waals surface area contributed by atoms with Crippen LogP contribution in [0.2, 0.25) is 0 Å². The number of rotatable bonds is 4. The zero-order valence-corrected chi connectivity index (χ0v) is 18.9. The number of halogens is 3. The third-order valence-electron chi connectivity index (χ3n) is 5.55. The van der Waals surface area contributed by atoms with Gasteiger partial charge in [0.2, 0.25) is 0 Å². The fourth-order valence-corrected chi connectivity index (χ4v) is 4.85. The maximum Gasteiger partial charge on any atom is 0.573 e. The number of hydrogen-bond acceptors (Lipinski definition) is 4. The van der Waals surface area contributed by atoms with E-state index in [0.717, 1.165) is 22.3 Å². The minimum absolute atomic E-state index is 0.190. The van der Waals surface area contributed by atoms with E-state index < -0.39 is 18.0 Å². The number of hydrogen-bond donors (Lipinski definition) is 1. The van der Waals surface area contributed by atoms with Gasteiger partial charge in [-0.15, -0.1) is 24.5 Å². The molecule has 0 bridgehead atoms. The van der Waals surface area contributed by atoms with Gasteiger partial charge in [0.1, 0.15) is 10.8 Å². The van der Waals surface area contributed by atoms with Crippen molar-refractivity contribution >= 4 is 33.8 Å². The predicted molar refractivity (Wildman–Crippen MR) is 126 cm³/mol. The molecule has 0 fully saturated rings. The van der Waals surface area contributed by atoms with E-state index in [-0.39, 0.29) is 11.5 Å². The Labute approximate surface area is 202 Å². The first-order chi connectivity index (χ1) is 16.8. The van der Waals surface area contributed by atoms with Crippen LogP contribution in [0.25, 0.3) is 0 Å². The fourth-order valence-electron chi connectivity index (χ4n) is 3.93. The van der Waals surface area contributed by atoms with E-state index in [1.165, 1.54) is 41.7 Å². The number of amides is 2. The summed E-state index contributed by atoms with van der Waals surface area (Å²) in [7, 11) is 0. The van der Waals surface area contributed by atoms with E-state index in [2.05, 4.69) is 14.6 Å². The van der Waals surface area contributed by atoms with Gasteiger partial charge in [-0.25, -0.2) is 0 Å². The Hall–Kier alpha value is -4.05. The van der Waals surface area contributed by atoms with Gasteiger partial charge in [0, 0.05) is 28.7 Å². The lowest BCUT2D eigenvalue weighted by Crippen LogP contribution is -2.29. The summed E-state index contributed by atoms with van der Waals surface area (Å²) in [5, 5.41) is 5.39. The molecule has 178 valence electrons. The van der Waals surface area contributed by atoms with Crippen molar-refractivity contribution in [1.82, 2.24) is 4.57 Å². The summed E-state index contributed by atoms with van der Waals surface area (Å²) in [6.07, 6.45) is -2.93. The number of nitrogens with zero attached hydrogens (tertiary/aromatic N) is 2. The highest BCUT2D eigenvalue weighted by Gasteiger charge is 2.33. The second-order valence-electron chi connectivity index (χ2n) is 7.85. The molecule has 35 heavy (non-hydrogen) atoms. The number of carbonyl (C=O) groups is 2. The van der Waals surface area contributed by atoms with Crippen molar-refractivity contribution < 1.29 is 27.5 Å². The smallest absolute Gasteiger partial charge is 0.405 e. The highest BCUT2D eigenvalue weighted by Crippen LogP contribution is 2.34. The highest BCUT2D eigenvalue weighted by atomic mass is 32.1. The third-order valence-corrected chi connectivity index (χ3v) is 6.52. The Kier molecular flexibility index (Phi) is 5.81. The van der Waals surface area contributed by atoms with Crippen molar-refractivity contribution in [2.75, 3.05) is 10.2 Å². The minimum Gasteiger partial charge on any atom is -0.405 e. The van der Waals surface area contributed by atoms with Gasteiger partial charge < -0.3 is 14.6 Å². The van der Waals surface area contributed by atoms with Crippen molar-refractivity contribution in [3.63, 3.8) is 0 Å². The molecule has 6 nitrogen and oxygen atoms in total. The second kappa shape index (κ2) is 8.95. The topological polar surface area (TPSA) is 63.6 Å². The van der Waals surface area contributed by atoms with Gasteiger partial charge in [0.15, 0.2) is 0 Å². The predicted octanol–water partition coefficient (Wildman–Crippen LogP) is 5.91. The molecule has 0 saturated carbocycles. The van der Waals surface area contributed by atoms with Crippen molar-refractivity contribution in [1.29, 1.82) is 0 Å². The Morgan fingerprint density at radius 3 is 2.49 bits per heavy atom. The molecular weight excluding hydrogens is 479 g/mol. The van der Waals surface area contributed by atoms with Crippen molar-refractivity contribution in [2.45, 2.75) is 19.5 Å². The van der Waals surface area contributed by atoms with Crippen LogP contribution in [-0.2, 0) is 13.1 Å². The van der Waals surface area contributed by atoms with Crippen LogP contribution in [0.15, 0.2) is 78.3 Å². The maximum atomic E-state index is 13.4. The molecule has 0 saturated heterocycles. The molecule has 1 N–H and O–H groups in total. The zero-order valence-electron chi connectivity index (χ0n) is 18.1. The van der Waals surface area contributed by atoms with Crippen LogP contribution < -0.4 is 15.0 Å². The average molecular weight is 497 g/mol. The first kappa shape index (κ1) is 22.7. The number of alkyl halides is 3. The summed E-state index contributed by atoms with van der Waals surface area (Å²) in [5.74, 6) is -1.55. The summed E-state index contributed by atoms with van der Waals surface area (Å²) in [6.45, 7) is 1.11. The molecule has 3 heterocycles. The van der Waals surface area contributed by atoms with Gasteiger partial charge in [-0.05, 0) is 60.0 Å². The van der Waals surface area contributed by atoms with Gasteiger partial charge in [0.25, 0.3) is 11.8 Å². The molecular formula is C25H18F3N3O3S. The van der Waals surface area contributed by atoms with Gasteiger partial charge in [-0.1, -0.05) is 12.1 Å². The number of para-hydroxylation sites is 1. The van der Waals surface area contributed by atoms with E-state index >= 15 is 0 Å². The molecule has 1 aliphatic rings. The molecule has 0 spiro atoms. The van der Waals surface area contributed by atoms with Gasteiger partial charge in [0.05, 0.1) is 18.7 Å². The zero-order chi connectivity index (χ0) is 24.6. The summed E-state index contributed by atoms with van der Waals surface area (Å²) < 4.78 is 44.0. The number of nitrogens with one attached hydrogen (secondary N) is 1. The lowest BCUT2D eigenvalue weighted by Gasteiger charge is -2.20. The van der Waals surface area contributed by atoms with Crippen LogP contribution >= 0.6 is 11.3 Å². The minimum atomic E-state index is -4.92. The Morgan fingerprint density at radius 1 is 0.943 bits per heavy atom. The molecule has 2 aromatic carbocycles. The maximum absolute atomic E-state index is 13.4. The molecule has 4 aromatic rings. The highest BCUT2D eigenvalue weighted by molar-refractivity contribution is 7.14. The number of carbonyl (C=O) groups excluding carboxylic acids is 2. The number of ether oxygens (including phenoxy) is 1. The van der Waals surface area contributed by atoms with Crippen molar-refractivity contribution in [3.05, 3.63) is 101 Å². The number of fused-ring (bicyclic) bond motifs is 2. The Morgan fingerprint density at radius 2 is 1.71 bits per heavy atom. The summed E-state index contributed by atoms with van der Waals surface area (Å²) in [4.78, 5) is 27.7. The molecule has 1 aliphatic heterocycles. The largest absolute Gasteiger partial charge is 0.573 e. The summed E-state index contributed by atoms with van der Waals surface area (Å²) in [6, 6.07) is 17.3. The summed E-state index contributed by atoms with van der Waals surface area (Å²) >= 11 is 1.50. The van der Waals surface area contributed by atoms with Crippen LogP contribution in [0.1, 0.15) is 32.0 Å². The first-order valence-corrected chi connectivity index (χ1v) is 11.4. The molecule has 0 aliphatic carbocycles. The summed E-state index contributed by atoms with van der Waals surface area (Å²) in [5.41, 5.74) is 2.56. The first-order valence-electron chi connectivity index (χ1n) is 10.6. The molecule has 0 radical (unpaired) electrons. The van der Waals surface area contributed by atoms with E-state index in [9.17, 15) is 22.8 Å². The van der Waals surface area contributed by atoms with E-state index in [0.29, 0.717) is 24.3 Å². The average Bonchev–Trinajstić information content (AvgIpc) is 3.44. The quantitative estimate of drug-likeness (QED) is 0.381. The number of benzene rings is 2. The lowest BCUT2D eigenvalue weighted by molar-refractivity contribution is -0.274. The molecule has 0 atom stereocenters. The van der Waals surface area contributed by atoms with Crippen molar-refractivity contribution in [2.24, 2.45) is 0 Å². The molecule has 2 amide bonds. The fraction of sp³-hybridized carbons (Fsp3) is 0.120. The van der Waals surface area contributed by atoms with Gasteiger partial charge in [-0.2, -0.15) is 0 Å². The number of aromatic nitrogens is 1. The van der Waals surface area contributed by atoms with Gasteiger partial charge in [-0.3, -0.25) is 14.5 Å². The SMILES string of the molecule is O=C(Nc1ccc(C(=O)N2Cc3cccn3Cc3ccsc32)cc1)c1ccccc1OC(F)(F)F. The standard InChI is InChI=1S/C25H18F3N3O3S/c26-25(27,28)34-21-6-2-1-5-20(21)22(32)29-18-9-7-16(8-10-18)23(33)31-15-19-4-3-12-30(19)14-17-11-13-35-24(17)31/h1-13H,14-15H2,(H,29,32). The molecule has 10 heteroatoms. The van der Waals surface area contributed by atoms with E-state index in [1.54, 1.807) is 17.0 Å². The molecule has 5 rings (SSSR count). The van der Waals surface area contributed by atoms with Gasteiger partial charge >= 0.3 is 6.36 Å². The van der Waals surface area contributed by atoms with Crippen molar-refractivity contribution in [3.8, 4) is 5.75 Å². The number of anilines is 2. The molecule has 2 aromatic heterocycles. The Bertz CT molecular complexity index is 1390. The van der Waals surface area contributed by atoms with Crippen LogP contribution in [0, 0.1) is 0 Å². The lowest BCUT2D eigenvalue weighted by atomic mass is 10.1. The van der Waals surface area contributed by atoms with E-state index in [1.807, 2.05) is 29.8 Å². The normalized spacial score (nSPS) is 12.9. The number of thiophene rings is 1. The van der Waals surface area contributed by atoms with Crippen LogP contribution in [0.3, 0.4) is 0 Å². The second-order valence-corrected chi connectivity index (χ2v) is 8.74. The van der Waals surface area contributed by atoms with Crippen LogP contribution in [0.4, 0.5) is 23.9 Å². The van der Waals surface area contributed by atoms with Crippen LogP contribution in [0.5, 0.6) is 5.75 Å². The molecule has 0 unspecified atom stereocenters. The van der Waals surface area contributed by atoms with Crippen LogP contribution in [-0.4, -0.2) is 22.7 Å².